The maximum atomic E-state index is 12.6. The molecule has 0 N–H and O–H groups in total. The van der Waals surface area contributed by atoms with Crippen LogP contribution >= 0.6 is 23.2 Å². The Morgan fingerprint density at radius 1 is 1.18 bits per heavy atom. The molecule has 140 valence electrons. The molecule has 1 unspecified atom stereocenters. The summed E-state index contributed by atoms with van der Waals surface area (Å²) in [7, 11) is 0. The van der Waals surface area contributed by atoms with Gasteiger partial charge in [-0.3, -0.25) is 0 Å². The van der Waals surface area contributed by atoms with Crippen molar-refractivity contribution in [1.82, 2.24) is 14.5 Å². The number of aryl methyl sites for hydroxylation is 1. The minimum Gasteiger partial charge on any atom is -0.451 e. The number of rotatable bonds is 3. The summed E-state index contributed by atoms with van der Waals surface area (Å²) >= 11 is 12.1. The predicted octanol–water partition coefficient (Wildman–Crippen LogP) is 5.30. The number of benzene rings is 2. The molecule has 2 aromatic carbocycles. The van der Waals surface area contributed by atoms with Gasteiger partial charge in [-0.2, -0.15) is 0 Å². The lowest BCUT2D eigenvalue weighted by Gasteiger charge is -2.10. The summed E-state index contributed by atoms with van der Waals surface area (Å²) in [6, 6.07) is 10.1. The number of carbonyl (C=O) groups excluding carboxylic acids is 1. The summed E-state index contributed by atoms with van der Waals surface area (Å²) < 4.78 is 13.4. The maximum Gasteiger partial charge on any atom is 0.338 e. The molecular formula is C20H13Cl2N3O3. The summed E-state index contributed by atoms with van der Waals surface area (Å²) in [5.74, 6) is 0.726. The SMILES string of the molecule is O=C(OC1CCn2ccnc21)c1ccc2nc(-c3cc(Cl)cc(Cl)c3)oc2c1. The zero-order valence-corrected chi connectivity index (χ0v) is 15.9. The van der Waals surface area contributed by atoms with Crippen molar-refractivity contribution >= 4 is 40.3 Å². The predicted molar refractivity (Wildman–Crippen MR) is 104 cm³/mol. The van der Waals surface area contributed by atoms with E-state index in [4.69, 9.17) is 32.4 Å². The third-order valence-corrected chi connectivity index (χ3v) is 5.09. The first-order valence-electron chi connectivity index (χ1n) is 8.66. The van der Waals surface area contributed by atoms with Crippen molar-refractivity contribution in [2.75, 3.05) is 0 Å². The molecule has 6 nitrogen and oxygen atoms in total. The minimum atomic E-state index is -0.424. The number of hydrogen-bond acceptors (Lipinski definition) is 5. The van der Waals surface area contributed by atoms with Crippen LogP contribution in [0.25, 0.3) is 22.6 Å². The zero-order chi connectivity index (χ0) is 19.3. The Morgan fingerprint density at radius 3 is 2.82 bits per heavy atom. The summed E-state index contributed by atoms with van der Waals surface area (Å²) in [6.07, 6.45) is 3.98. The van der Waals surface area contributed by atoms with Gasteiger partial charge in [0, 0.05) is 41.0 Å². The van der Waals surface area contributed by atoms with Crippen molar-refractivity contribution < 1.29 is 13.9 Å². The standard InChI is InChI=1S/C20H13Cl2N3O3/c21-13-7-12(8-14(22)10-13)19-24-15-2-1-11(9-17(15)27-19)20(26)28-16-3-5-25-6-4-23-18(16)25/h1-2,4,6-10,16H,3,5H2. The third-order valence-electron chi connectivity index (χ3n) is 4.65. The molecule has 5 rings (SSSR count). The molecule has 0 saturated carbocycles. The quantitative estimate of drug-likeness (QED) is 0.426. The number of imidazole rings is 1. The Kier molecular flexibility index (Phi) is 4.10. The number of hydrogen-bond donors (Lipinski definition) is 0. The maximum absolute atomic E-state index is 12.6. The average molecular weight is 414 g/mol. The van der Waals surface area contributed by atoms with E-state index in [-0.39, 0.29) is 6.10 Å². The number of fused-ring (bicyclic) bond motifs is 2. The number of nitrogens with zero attached hydrogens (tertiary/aromatic N) is 3. The monoisotopic (exact) mass is 413 g/mol. The zero-order valence-electron chi connectivity index (χ0n) is 14.4. The molecule has 0 amide bonds. The highest BCUT2D eigenvalue weighted by Crippen LogP contribution is 2.31. The third kappa shape index (κ3) is 3.04. The molecule has 0 fully saturated rings. The van der Waals surface area contributed by atoms with Gasteiger partial charge in [0.05, 0.1) is 5.56 Å². The van der Waals surface area contributed by atoms with Crippen molar-refractivity contribution in [2.24, 2.45) is 0 Å². The van der Waals surface area contributed by atoms with E-state index < -0.39 is 5.97 Å². The molecular weight excluding hydrogens is 401 g/mol. The van der Waals surface area contributed by atoms with Gasteiger partial charge < -0.3 is 13.7 Å². The number of oxazole rings is 1. The summed E-state index contributed by atoms with van der Waals surface area (Å²) in [6.45, 7) is 0.792. The highest BCUT2D eigenvalue weighted by atomic mass is 35.5. The number of carbonyl (C=O) groups is 1. The van der Waals surface area contributed by atoms with Crippen LogP contribution in [0.2, 0.25) is 10.0 Å². The molecule has 0 bridgehead atoms. The van der Waals surface area contributed by atoms with E-state index in [1.165, 1.54) is 0 Å². The molecule has 1 aliphatic heterocycles. The first kappa shape index (κ1) is 17.3. The smallest absolute Gasteiger partial charge is 0.338 e. The fourth-order valence-electron chi connectivity index (χ4n) is 3.34. The van der Waals surface area contributed by atoms with Crippen LogP contribution in [0.4, 0.5) is 0 Å². The van der Waals surface area contributed by atoms with E-state index in [2.05, 4.69) is 9.97 Å². The number of aromatic nitrogens is 3. The normalized spacial score (nSPS) is 15.7. The van der Waals surface area contributed by atoms with Gasteiger partial charge in [-0.1, -0.05) is 23.2 Å². The van der Waals surface area contributed by atoms with Crippen LogP contribution in [-0.2, 0) is 11.3 Å². The second-order valence-corrected chi connectivity index (χ2v) is 7.39. The highest BCUT2D eigenvalue weighted by Gasteiger charge is 2.27. The molecule has 3 heterocycles. The topological polar surface area (TPSA) is 70.2 Å². The van der Waals surface area contributed by atoms with Crippen molar-refractivity contribution in [3.05, 3.63) is 70.2 Å². The first-order chi connectivity index (χ1) is 13.6. The van der Waals surface area contributed by atoms with E-state index in [1.807, 2.05) is 10.8 Å². The second-order valence-electron chi connectivity index (χ2n) is 6.52. The molecule has 0 radical (unpaired) electrons. The molecule has 4 aromatic rings. The molecule has 28 heavy (non-hydrogen) atoms. The highest BCUT2D eigenvalue weighted by molar-refractivity contribution is 6.35. The van der Waals surface area contributed by atoms with Gasteiger partial charge in [-0.05, 0) is 36.4 Å². The number of esters is 1. The molecule has 0 spiro atoms. The summed E-state index contributed by atoms with van der Waals surface area (Å²) in [5.41, 5.74) is 2.16. The summed E-state index contributed by atoms with van der Waals surface area (Å²) in [5, 5.41) is 0.980. The number of ether oxygens (including phenoxy) is 1. The Bertz CT molecular complexity index is 1190. The van der Waals surface area contributed by atoms with E-state index in [1.54, 1.807) is 42.6 Å². The molecule has 1 atom stereocenters. The van der Waals surface area contributed by atoms with E-state index in [0.717, 1.165) is 18.8 Å². The average Bonchev–Trinajstić information content (AvgIpc) is 3.36. The summed E-state index contributed by atoms with van der Waals surface area (Å²) in [4.78, 5) is 21.3. The number of halogens is 2. The van der Waals surface area contributed by atoms with Gasteiger partial charge >= 0.3 is 5.97 Å². The Hall–Kier alpha value is -2.83. The van der Waals surface area contributed by atoms with Crippen molar-refractivity contribution in [2.45, 2.75) is 19.1 Å². The molecule has 0 saturated heterocycles. The van der Waals surface area contributed by atoms with Crippen LogP contribution in [0.3, 0.4) is 0 Å². The van der Waals surface area contributed by atoms with Gasteiger partial charge in [0.25, 0.3) is 0 Å². The van der Waals surface area contributed by atoms with Crippen LogP contribution < -0.4 is 0 Å². The van der Waals surface area contributed by atoms with Gasteiger partial charge in [-0.15, -0.1) is 0 Å². The lowest BCUT2D eigenvalue weighted by atomic mass is 10.2. The van der Waals surface area contributed by atoms with Crippen LogP contribution in [-0.4, -0.2) is 20.5 Å². The molecule has 2 aromatic heterocycles. The minimum absolute atomic E-state index is 0.336. The first-order valence-corrected chi connectivity index (χ1v) is 9.41. The lowest BCUT2D eigenvalue weighted by molar-refractivity contribution is 0.0292. The fraction of sp³-hybridized carbons (Fsp3) is 0.150. The second kappa shape index (κ2) is 6.65. The van der Waals surface area contributed by atoms with Gasteiger partial charge in [0.15, 0.2) is 11.7 Å². The van der Waals surface area contributed by atoms with Crippen LogP contribution in [0.5, 0.6) is 0 Å². The fourth-order valence-corrected chi connectivity index (χ4v) is 3.87. The van der Waals surface area contributed by atoms with Gasteiger partial charge in [0.1, 0.15) is 11.3 Å². The van der Waals surface area contributed by atoms with Gasteiger partial charge in [0.2, 0.25) is 5.89 Å². The van der Waals surface area contributed by atoms with E-state index >= 15 is 0 Å². The van der Waals surface area contributed by atoms with E-state index in [0.29, 0.717) is 38.2 Å². The Morgan fingerprint density at radius 2 is 2.00 bits per heavy atom. The lowest BCUT2D eigenvalue weighted by Crippen LogP contribution is -2.10. The van der Waals surface area contributed by atoms with E-state index in [9.17, 15) is 4.79 Å². The van der Waals surface area contributed by atoms with Crippen LogP contribution in [0.15, 0.2) is 53.2 Å². The van der Waals surface area contributed by atoms with Crippen LogP contribution in [0.1, 0.15) is 28.7 Å². The molecule has 8 heteroatoms. The molecule has 0 aliphatic carbocycles. The van der Waals surface area contributed by atoms with Gasteiger partial charge in [-0.25, -0.2) is 14.8 Å². The van der Waals surface area contributed by atoms with Crippen molar-refractivity contribution in [3.63, 3.8) is 0 Å². The Labute approximate surface area is 169 Å². The Balaban J connectivity index is 1.43. The van der Waals surface area contributed by atoms with Crippen LogP contribution in [0, 0.1) is 0 Å². The van der Waals surface area contributed by atoms with Crippen molar-refractivity contribution in [3.8, 4) is 11.5 Å². The van der Waals surface area contributed by atoms with Crippen molar-refractivity contribution in [1.29, 1.82) is 0 Å². The molecule has 1 aliphatic rings. The largest absolute Gasteiger partial charge is 0.451 e.